The van der Waals surface area contributed by atoms with E-state index < -0.39 is 71.2 Å². The zero-order valence-electron chi connectivity index (χ0n) is 42.3. The van der Waals surface area contributed by atoms with Crippen LogP contribution < -0.4 is 0 Å². The molecular formula is C53H102O12S. The molecule has 1 saturated heterocycles. The molecular weight excluding hydrogens is 861 g/mol. The summed E-state index contributed by atoms with van der Waals surface area (Å²) in [5, 5.41) is 31.0. The normalized spacial score (nSPS) is 19.3. The topological polar surface area (TPSA) is 186 Å². The quantitative estimate of drug-likeness (QED) is 0.0257. The van der Waals surface area contributed by atoms with Crippen LogP contribution in [0.4, 0.5) is 0 Å². The summed E-state index contributed by atoms with van der Waals surface area (Å²) >= 11 is 0. The number of esters is 2. The van der Waals surface area contributed by atoms with Gasteiger partial charge in [-0.15, -0.1) is 0 Å². The van der Waals surface area contributed by atoms with Gasteiger partial charge < -0.3 is 34.3 Å². The molecule has 2 unspecified atom stereocenters. The van der Waals surface area contributed by atoms with Crippen LogP contribution in [-0.2, 0) is 38.7 Å². The van der Waals surface area contributed by atoms with Crippen molar-refractivity contribution in [3.63, 3.8) is 0 Å². The Kier molecular flexibility index (Phi) is 41.4. The van der Waals surface area contributed by atoms with E-state index in [9.17, 15) is 37.9 Å². The van der Waals surface area contributed by atoms with E-state index in [1.54, 1.807) is 0 Å². The number of aliphatic hydroxyl groups excluding tert-OH is 3. The van der Waals surface area contributed by atoms with Gasteiger partial charge in [0, 0.05) is 12.8 Å². The third-order valence-corrected chi connectivity index (χ3v) is 13.9. The van der Waals surface area contributed by atoms with Crippen LogP contribution in [0.3, 0.4) is 0 Å². The Morgan fingerprint density at radius 3 is 1.11 bits per heavy atom. The Balaban J connectivity index is 2.32. The highest BCUT2D eigenvalue weighted by molar-refractivity contribution is 7.85. The highest BCUT2D eigenvalue weighted by Gasteiger charge is 2.46. The van der Waals surface area contributed by atoms with Crippen LogP contribution in [0.1, 0.15) is 271 Å². The molecule has 0 amide bonds. The average molecular weight is 963 g/mol. The summed E-state index contributed by atoms with van der Waals surface area (Å²) in [5.74, 6) is -1.95. The Morgan fingerprint density at radius 1 is 0.455 bits per heavy atom. The van der Waals surface area contributed by atoms with Crippen molar-refractivity contribution in [3.05, 3.63) is 0 Å². The fourth-order valence-corrected chi connectivity index (χ4v) is 9.61. The van der Waals surface area contributed by atoms with Gasteiger partial charge in [0.05, 0.1) is 6.61 Å². The first kappa shape index (κ1) is 62.7. The predicted octanol–water partition coefficient (Wildman–Crippen LogP) is 12.8. The second-order valence-corrected chi connectivity index (χ2v) is 21.1. The number of hydrogen-bond acceptors (Lipinski definition) is 11. The Bertz CT molecular complexity index is 1220. The molecule has 4 N–H and O–H groups in total. The molecule has 0 bridgehead atoms. The summed E-state index contributed by atoms with van der Waals surface area (Å²) in [7, 11) is -4.60. The van der Waals surface area contributed by atoms with Crippen molar-refractivity contribution in [2.75, 3.05) is 19.0 Å². The minimum Gasteiger partial charge on any atom is -0.462 e. The van der Waals surface area contributed by atoms with Crippen molar-refractivity contribution < 1.29 is 56.8 Å². The van der Waals surface area contributed by atoms with Gasteiger partial charge in [0.2, 0.25) is 0 Å². The third kappa shape index (κ3) is 37.5. The largest absolute Gasteiger partial charge is 0.462 e. The monoisotopic (exact) mass is 963 g/mol. The Labute approximate surface area is 403 Å². The lowest BCUT2D eigenvalue weighted by molar-refractivity contribution is -0.297. The van der Waals surface area contributed by atoms with E-state index in [0.29, 0.717) is 12.8 Å². The van der Waals surface area contributed by atoms with Crippen molar-refractivity contribution in [2.45, 2.75) is 307 Å². The lowest BCUT2D eigenvalue weighted by atomic mass is 10.00. The molecule has 1 rings (SSSR count). The minimum atomic E-state index is -4.60. The number of ether oxygens (including phenoxy) is 4. The summed E-state index contributed by atoms with van der Waals surface area (Å²) in [5.41, 5.74) is 0. The maximum Gasteiger partial charge on any atom is 0.306 e. The van der Waals surface area contributed by atoms with Gasteiger partial charge in [-0.25, -0.2) is 0 Å². The molecule has 0 aromatic carbocycles. The first-order valence-corrected chi connectivity index (χ1v) is 29.2. The number of rotatable bonds is 48. The molecule has 66 heavy (non-hydrogen) atoms. The SMILES string of the molecule is CCCCCCCCCCCCCCCCCCCCCC(=O)OC[C@H](CO[C@H]1O[C@H](CS(=O)(=O)O)[C@@H](O)C(O)C1O)OC(=O)CCCCCCCCCCCCCCCCCCCCC. The van der Waals surface area contributed by atoms with Gasteiger partial charge in [-0.3, -0.25) is 14.1 Å². The molecule has 0 spiro atoms. The third-order valence-electron chi connectivity index (χ3n) is 13.2. The molecule has 0 saturated carbocycles. The Hall–Kier alpha value is -1.35. The van der Waals surface area contributed by atoms with Gasteiger partial charge in [0.15, 0.2) is 12.4 Å². The molecule has 6 atom stereocenters. The zero-order chi connectivity index (χ0) is 48.4. The first-order chi connectivity index (χ1) is 32.0. The summed E-state index contributed by atoms with van der Waals surface area (Å²) in [6.07, 6.45) is 38.6. The van der Waals surface area contributed by atoms with Crippen molar-refractivity contribution in [2.24, 2.45) is 0 Å². The number of carbonyl (C=O) groups excluding carboxylic acids is 2. The van der Waals surface area contributed by atoms with E-state index in [-0.39, 0.29) is 19.4 Å². The Morgan fingerprint density at radius 2 is 0.773 bits per heavy atom. The van der Waals surface area contributed by atoms with Gasteiger partial charge >= 0.3 is 11.9 Å². The number of hydrogen-bond donors (Lipinski definition) is 4. The molecule has 1 fully saturated rings. The van der Waals surface area contributed by atoms with Crippen molar-refractivity contribution in [3.8, 4) is 0 Å². The standard InChI is InChI=1S/C53H102O12S/c1-3-5-7-9-11-13-15-17-19-21-23-25-27-29-31-33-35-37-39-41-48(54)62-43-46(44-63-53-52(58)51(57)50(56)47(65-53)45-66(59,60)61)64-49(55)42-40-38-36-34-32-30-28-26-24-22-20-18-16-14-12-10-8-6-4-2/h46-47,50-53,56-58H,3-45H2,1-2H3,(H,59,60,61)/t46-,47-,50-,51?,52?,53+/m1/s1. The zero-order valence-corrected chi connectivity index (χ0v) is 43.1. The lowest BCUT2D eigenvalue weighted by Gasteiger charge is -2.40. The van der Waals surface area contributed by atoms with E-state index in [1.165, 1.54) is 193 Å². The summed E-state index contributed by atoms with van der Waals surface area (Å²) in [6.45, 7) is 3.83. The van der Waals surface area contributed by atoms with Gasteiger partial charge in [0.1, 0.15) is 36.8 Å². The smallest absolute Gasteiger partial charge is 0.306 e. The van der Waals surface area contributed by atoms with E-state index in [2.05, 4.69) is 13.8 Å². The summed E-state index contributed by atoms with van der Waals surface area (Å²) < 4.78 is 54.3. The molecule has 392 valence electrons. The van der Waals surface area contributed by atoms with E-state index >= 15 is 0 Å². The molecule has 0 radical (unpaired) electrons. The van der Waals surface area contributed by atoms with Crippen molar-refractivity contribution in [1.82, 2.24) is 0 Å². The van der Waals surface area contributed by atoms with Crippen LogP contribution in [0.2, 0.25) is 0 Å². The van der Waals surface area contributed by atoms with E-state index in [1.807, 2.05) is 0 Å². The maximum absolute atomic E-state index is 12.9. The molecule has 13 heteroatoms. The fraction of sp³-hybridized carbons (Fsp3) is 0.962. The van der Waals surface area contributed by atoms with Crippen LogP contribution in [0.15, 0.2) is 0 Å². The van der Waals surface area contributed by atoms with E-state index in [4.69, 9.17) is 18.9 Å². The molecule has 1 aliphatic rings. The minimum absolute atomic E-state index is 0.173. The van der Waals surface area contributed by atoms with Crippen LogP contribution in [0.5, 0.6) is 0 Å². The molecule has 0 aromatic heterocycles. The first-order valence-electron chi connectivity index (χ1n) is 27.6. The van der Waals surface area contributed by atoms with E-state index in [0.717, 1.165) is 38.5 Å². The van der Waals surface area contributed by atoms with Gasteiger partial charge in [-0.1, -0.05) is 245 Å². The molecule has 12 nitrogen and oxygen atoms in total. The number of carbonyl (C=O) groups is 2. The van der Waals surface area contributed by atoms with Crippen LogP contribution in [-0.4, -0.2) is 96.0 Å². The lowest BCUT2D eigenvalue weighted by Crippen LogP contribution is -2.60. The molecule has 1 aliphatic heterocycles. The van der Waals surface area contributed by atoms with Crippen LogP contribution in [0, 0.1) is 0 Å². The number of unbranched alkanes of at least 4 members (excludes halogenated alkanes) is 36. The summed E-state index contributed by atoms with van der Waals surface area (Å²) in [6, 6.07) is 0. The highest BCUT2D eigenvalue weighted by Crippen LogP contribution is 2.24. The molecule has 0 aromatic rings. The van der Waals surface area contributed by atoms with Gasteiger partial charge in [-0.05, 0) is 12.8 Å². The van der Waals surface area contributed by atoms with Crippen LogP contribution >= 0.6 is 0 Å². The second kappa shape index (κ2) is 43.7. The second-order valence-electron chi connectivity index (χ2n) is 19.6. The molecule has 0 aliphatic carbocycles. The average Bonchev–Trinajstić information content (AvgIpc) is 3.28. The fourth-order valence-electron chi connectivity index (χ4n) is 8.92. The van der Waals surface area contributed by atoms with Crippen LogP contribution in [0.25, 0.3) is 0 Å². The van der Waals surface area contributed by atoms with Crippen molar-refractivity contribution >= 4 is 22.1 Å². The van der Waals surface area contributed by atoms with Gasteiger partial charge in [-0.2, -0.15) is 8.42 Å². The highest BCUT2D eigenvalue weighted by atomic mass is 32.2. The molecule has 1 heterocycles. The number of aliphatic hydroxyl groups is 3. The predicted molar refractivity (Wildman–Crippen MR) is 266 cm³/mol. The summed E-state index contributed by atoms with van der Waals surface area (Å²) in [4.78, 5) is 25.6. The van der Waals surface area contributed by atoms with Crippen molar-refractivity contribution in [1.29, 1.82) is 0 Å². The van der Waals surface area contributed by atoms with Gasteiger partial charge in [0.25, 0.3) is 10.1 Å². The maximum atomic E-state index is 12.9.